The van der Waals surface area contributed by atoms with Gasteiger partial charge in [0.2, 0.25) is 5.03 Å². The lowest BCUT2D eigenvalue weighted by atomic mass is 9.94. The van der Waals surface area contributed by atoms with Crippen LogP contribution < -0.4 is 0 Å². The molecule has 1 fully saturated rings. The van der Waals surface area contributed by atoms with Gasteiger partial charge in [-0.05, 0) is 25.7 Å². The standard InChI is InChI=1S/C13H21N3O4S/c1-3-4-10-5-7-16(8-6-10)21(19,20)12-11(13(17)18)9(2)14-15-12/h10H,3-8H2,1-2H3,(H,14,15)(H,17,18). The van der Waals surface area contributed by atoms with Crippen LogP contribution >= 0.6 is 0 Å². The third-order valence-corrected chi connectivity index (χ3v) is 5.81. The van der Waals surface area contributed by atoms with Gasteiger partial charge in [0.15, 0.2) is 0 Å². The molecule has 8 heteroatoms. The minimum atomic E-state index is -3.85. The molecule has 1 aliphatic heterocycles. The first-order chi connectivity index (χ1) is 9.87. The maximum Gasteiger partial charge on any atom is 0.340 e. The minimum absolute atomic E-state index is 0.252. The quantitative estimate of drug-likeness (QED) is 0.859. The molecule has 0 bridgehead atoms. The molecule has 0 amide bonds. The fraction of sp³-hybridized carbons (Fsp3) is 0.692. The summed E-state index contributed by atoms with van der Waals surface area (Å²) in [6, 6.07) is 0. The lowest BCUT2D eigenvalue weighted by Gasteiger charge is -2.30. The van der Waals surface area contributed by atoms with Gasteiger partial charge in [0, 0.05) is 18.8 Å². The molecule has 0 saturated carbocycles. The smallest absolute Gasteiger partial charge is 0.340 e. The van der Waals surface area contributed by atoms with E-state index in [-0.39, 0.29) is 16.3 Å². The van der Waals surface area contributed by atoms with E-state index in [2.05, 4.69) is 17.1 Å². The van der Waals surface area contributed by atoms with Crippen molar-refractivity contribution >= 4 is 16.0 Å². The van der Waals surface area contributed by atoms with Crippen molar-refractivity contribution in [2.45, 2.75) is 44.6 Å². The van der Waals surface area contributed by atoms with Crippen molar-refractivity contribution < 1.29 is 18.3 Å². The normalized spacial score (nSPS) is 18.0. The number of piperidine rings is 1. The van der Waals surface area contributed by atoms with Crippen molar-refractivity contribution in [1.82, 2.24) is 14.5 Å². The topological polar surface area (TPSA) is 103 Å². The van der Waals surface area contributed by atoms with Crippen LogP contribution in [0.3, 0.4) is 0 Å². The summed E-state index contributed by atoms with van der Waals surface area (Å²) in [4.78, 5) is 11.2. The van der Waals surface area contributed by atoms with Crippen LogP contribution in [0.25, 0.3) is 0 Å². The van der Waals surface area contributed by atoms with Crippen LogP contribution in [0.2, 0.25) is 0 Å². The third-order valence-electron chi connectivity index (χ3n) is 3.98. The molecule has 21 heavy (non-hydrogen) atoms. The Morgan fingerprint density at radius 1 is 1.43 bits per heavy atom. The first kappa shape index (κ1) is 16.0. The Morgan fingerprint density at radius 3 is 2.57 bits per heavy atom. The number of H-pyrrole nitrogens is 1. The average Bonchev–Trinajstić information content (AvgIpc) is 2.82. The SMILES string of the molecule is CCCC1CCN(S(=O)(=O)c2n[nH]c(C)c2C(=O)O)CC1. The first-order valence-electron chi connectivity index (χ1n) is 7.16. The lowest BCUT2D eigenvalue weighted by Crippen LogP contribution is -2.39. The Balaban J connectivity index is 2.22. The van der Waals surface area contributed by atoms with E-state index in [4.69, 9.17) is 5.11 Å². The molecule has 0 atom stereocenters. The van der Waals surface area contributed by atoms with Crippen LogP contribution in [0.15, 0.2) is 5.03 Å². The molecule has 0 unspecified atom stereocenters. The molecule has 0 spiro atoms. The van der Waals surface area contributed by atoms with E-state index in [0.717, 1.165) is 25.7 Å². The van der Waals surface area contributed by atoms with Gasteiger partial charge in [-0.15, -0.1) is 0 Å². The summed E-state index contributed by atoms with van der Waals surface area (Å²) in [6.45, 7) is 4.48. The van der Waals surface area contributed by atoms with Crippen LogP contribution in [0.1, 0.15) is 48.7 Å². The molecular formula is C13H21N3O4S. The van der Waals surface area contributed by atoms with Crippen molar-refractivity contribution in [3.05, 3.63) is 11.3 Å². The van der Waals surface area contributed by atoms with E-state index in [1.165, 1.54) is 11.2 Å². The zero-order chi connectivity index (χ0) is 15.6. The summed E-state index contributed by atoms with van der Waals surface area (Å²) < 4.78 is 26.5. The number of aromatic amines is 1. The van der Waals surface area contributed by atoms with Crippen molar-refractivity contribution in [3.63, 3.8) is 0 Å². The predicted molar refractivity (Wildman–Crippen MR) is 76.7 cm³/mol. The van der Waals surface area contributed by atoms with Crippen LogP contribution in [0.4, 0.5) is 0 Å². The van der Waals surface area contributed by atoms with Gasteiger partial charge >= 0.3 is 5.97 Å². The van der Waals surface area contributed by atoms with E-state index in [0.29, 0.717) is 19.0 Å². The monoisotopic (exact) mass is 315 g/mol. The molecule has 1 aromatic rings. The number of hydrogen-bond donors (Lipinski definition) is 2. The van der Waals surface area contributed by atoms with Gasteiger partial charge in [0.05, 0.1) is 0 Å². The van der Waals surface area contributed by atoms with Gasteiger partial charge in [0.25, 0.3) is 10.0 Å². The third kappa shape index (κ3) is 3.11. The number of nitrogens with zero attached hydrogens (tertiary/aromatic N) is 2. The summed E-state index contributed by atoms with van der Waals surface area (Å²) in [5.41, 5.74) is -0.00683. The zero-order valence-electron chi connectivity index (χ0n) is 12.3. The molecule has 1 aromatic heterocycles. The van der Waals surface area contributed by atoms with Crippen molar-refractivity contribution in [1.29, 1.82) is 0 Å². The molecule has 0 radical (unpaired) electrons. The molecule has 7 nitrogen and oxygen atoms in total. The number of aromatic nitrogens is 2. The maximum atomic E-state index is 12.6. The fourth-order valence-electron chi connectivity index (χ4n) is 2.81. The van der Waals surface area contributed by atoms with Gasteiger partial charge < -0.3 is 5.11 Å². The Kier molecular flexibility index (Phi) is 4.67. The summed E-state index contributed by atoms with van der Waals surface area (Å²) >= 11 is 0. The highest BCUT2D eigenvalue weighted by Gasteiger charge is 2.35. The minimum Gasteiger partial charge on any atom is -0.478 e. The second kappa shape index (κ2) is 6.15. The molecule has 2 heterocycles. The zero-order valence-corrected chi connectivity index (χ0v) is 13.1. The number of hydrogen-bond acceptors (Lipinski definition) is 4. The molecule has 0 aliphatic carbocycles. The van der Waals surface area contributed by atoms with E-state index in [1.54, 1.807) is 0 Å². The summed E-state index contributed by atoms with van der Waals surface area (Å²) in [7, 11) is -3.85. The maximum absolute atomic E-state index is 12.6. The number of carbonyl (C=O) groups is 1. The Bertz CT molecular complexity index is 615. The number of rotatable bonds is 5. The highest BCUT2D eigenvalue weighted by molar-refractivity contribution is 7.89. The number of carboxylic acid groups (broad SMARTS) is 1. The highest BCUT2D eigenvalue weighted by atomic mass is 32.2. The van der Waals surface area contributed by atoms with Gasteiger partial charge in [-0.1, -0.05) is 19.8 Å². The van der Waals surface area contributed by atoms with Crippen molar-refractivity contribution in [3.8, 4) is 0 Å². The summed E-state index contributed by atoms with van der Waals surface area (Å²) in [6.07, 6.45) is 3.84. The van der Waals surface area contributed by atoms with Crippen LogP contribution in [0.5, 0.6) is 0 Å². The first-order valence-corrected chi connectivity index (χ1v) is 8.60. The highest BCUT2D eigenvalue weighted by Crippen LogP contribution is 2.27. The molecule has 0 aromatic carbocycles. The van der Waals surface area contributed by atoms with Gasteiger partial charge in [0.1, 0.15) is 5.56 Å². The molecular weight excluding hydrogens is 294 g/mol. The van der Waals surface area contributed by atoms with Gasteiger partial charge in [-0.2, -0.15) is 9.40 Å². The number of sulfonamides is 1. The van der Waals surface area contributed by atoms with E-state index in [1.807, 2.05) is 0 Å². The molecule has 2 N–H and O–H groups in total. The number of aryl methyl sites for hydroxylation is 1. The Morgan fingerprint density at radius 2 is 2.05 bits per heavy atom. The average molecular weight is 315 g/mol. The van der Waals surface area contributed by atoms with Crippen LogP contribution in [0, 0.1) is 12.8 Å². The van der Waals surface area contributed by atoms with Crippen LogP contribution in [-0.4, -0.2) is 47.1 Å². The largest absolute Gasteiger partial charge is 0.478 e. The summed E-state index contributed by atoms with van der Waals surface area (Å²) in [5.74, 6) is -0.720. The molecule has 118 valence electrons. The Hall–Kier alpha value is -1.41. The number of carboxylic acids is 1. The van der Waals surface area contributed by atoms with E-state index in [9.17, 15) is 13.2 Å². The van der Waals surface area contributed by atoms with E-state index >= 15 is 0 Å². The van der Waals surface area contributed by atoms with Gasteiger partial charge in [-0.25, -0.2) is 13.2 Å². The predicted octanol–water partition coefficient (Wildman–Crippen LogP) is 1.62. The lowest BCUT2D eigenvalue weighted by molar-refractivity contribution is 0.0691. The second-order valence-electron chi connectivity index (χ2n) is 5.47. The van der Waals surface area contributed by atoms with E-state index < -0.39 is 16.0 Å². The molecule has 1 aliphatic rings. The number of nitrogens with one attached hydrogen (secondary N) is 1. The van der Waals surface area contributed by atoms with Crippen molar-refractivity contribution in [2.75, 3.05) is 13.1 Å². The summed E-state index contributed by atoms with van der Waals surface area (Å²) in [5, 5.41) is 15.0. The number of aromatic carboxylic acids is 1. The fourth-order valence-corrected chi connectivity index (χ4v) is 4.41. The van der Waals surface area contributed by atoms with Gasteiger partial charge in [-0.3, -0.25) is 5.10 Å². The van der Waals surface area contributed by atoms with Crippen molar-refractivity contribution in [2.24, 2.45) is 5.92 Å². The Labute approximate surface area is 124 Å². The van der Waals surface area contributed by atoms with Crippen LogP contribution in [-0.2, 0) is 10.0 Å². The second-order valence-corrected chi connectivity index (χ2v) is 7.32. The molecule has 2 rings (SSSR count). The molecule has 1 saturated heterocycles.